The molecule has 2 bridgehead atoms. The van der Waals surface area contributed by atoms with Gasteiger partial charge in [-0.2, -0.15) is 0 Å². The lowest BCUT2D eigenvalue weighted by Gasteiger charge is -2.39. The number of allylic oxidation sites excluding steroid dienone is 1. The first-order valence-corrected chi connectivity index (χ1v) is 18.4. The normalized spacial score (nSPS) is 24.6. The van der Waals surface area contributed by atoms with Gasteiger partial charge in [0, 0.05) is 25.8 Å². The van der Waals surface area contributed by atoms with Crippen LogP contribution in [-0.4, -0.2) is 97.5 Å². The fraction of sp³-hybridized carbons (Fsp3) is 0.512. The minimum absolute atomic E-state index is 0.0474. The molecular weight excluding hydrogens is 678 g/mol. The topological polar surface area (TPSA) is 144 Å². The molecule has 0 saturated carbocycles. The fourth-order valence-corrected chi connectivity index (χ4v) is 8.34. The van der Waals surface area contributed by atoms with Gasteiger partial charge >= 0.3 is 5.97 Å². The number of nitrogens with one attached hydrogen (secondary N) is 1. The summed E-state index contributed by atoms with van der Waals surface area (Å²) in [5, 5.41) is 13.7. The Kier molecular flexibility index (Phi) is 13.1. The molecule has 3 saturated heterocycles. The van der Waals surface area contributed by atoms with Crippen molar-refractivity contribution in [3.8, 4) is 5.75 Å². The van der Waals surface area contributed by atoms with Crippen LogP contribution in [0.1, 0.15) is 57.6 Å². The standard InChI is InChI=1S/C41H53N3O9/c1-7-9-15-33(46)42-31(25-50-5)36(27-13-11-10-12-14-27)52-40(49)34-32-20-21-41(53-32)35(34)38(47)44(29(24-45)23-26(3)4)37(41)39(48)43(22-8-2)28-16-18-30(51-6)19-17-28/h7-8,10-14,16-19,26,29,31-32,34-37,45H,1-2,9,15,20-25H2,3-6H3,(H,42,46)/t29-,31-,32-,34+,35+,36-,37-,41+/m1/s1. The van der Waals surface area contributed by atoms with Crippen LogP contribution in [0, 0.1) is 17.8 Å². The number of fused-ring (bicyclic) bond motifs is 1. The Morgan fingerprint density at radius 1 is 1.09 bits per heavy atom. The van der Waals surface area contributed by atoms with Gasteiger partial charge < -0.3 is 39.2 Å². The first-order valence-electron chi connectivity index (χ1n) is 18.4. The number of benzene rings is 2. The van der Waals surface area contributed by atoms with Crippen LogP contribution in [0.3, 0.4) is 0 Å². The molecule has 8 atom stereocenters. The van der Waals surface area contributed by atoms with Crippen LogP contribution >= 0.6 is 0 Å². The van der Waals surface area contributed by atoms with E-state index in [0.29, 0.717) is 42.7 Å². The first-order chi connectivity index (χ1) is 25.5. The van der Waals surface area contributed by atoms with Crippen LogP contribution < -0.4 is 15.0 Å². The van der Waals surface area contributed by atoms with Crippen molar-refractivity contribution in [2.45, 2.75) is 81.9 Å². The third-order valence-electron chi connectivity index (χ3n) is 10.6. The quantitative estimate of drug-likeness (QED) is 0.159. The molecule has 0 aliphatic carbocycles. The van der Waals surface area contributed by atoms with Gasteiger partial charge in [0.05, 0.1) is 50.3 Å². The molecule has 53 heavy (non-hydrogen) atoms. The van der Waals surface area contributed by atoms with Crippen molar-refractivity contribution in [2.75, 3.05) is 38.9 Å². The van der Waals surface area contributed by atoms with Gasteiger partial charge in [0.1, 0.15) is 23.5 Å². The Morgan fingerprint density at radius 2 is 1.81 bits per heavy atom. The van der Waals surface area contributed by atoms with E-state index < -0.39 is 65.6 Å². The van der Waals surface area contributed by atoms with Crippen LogP contribution in [0.15, 0.2) is 79.9 Å². The number of nitrogens with zero attached hydrogens (tertiary/aromatic N) is 2. The number of carbonyl (C=O) groups is 4. The van der Waals surface area contributed by atoms with Gasteiger partial charge in [-0.1, -0.05) is 56.3 Å². The average molecular weight is 732 g/mol. The number of methoxy groups -OCH3 is 2. The predicted molar refractivity (Wildman–Crippen MR) is 199 cm³/mol. The molecule has 3 aliphatic rings. The number of rotatable bonds is 19. The smallest absolute Gasteiger partial charge is 0.313 e. The minimum atomic E-state index is -1.34. The van der Waals surface area contributed by atoms with Gasteiger partial charge in [-0.15, -0.1) is 13.2 Å². The van der Waals surface area contributed by atoms with E-state index in [4.69, 9.17) is 18.9 Å². The molecular formula is C41H53N3O9. The van der Waals surface area contributed by atoms with Crippen LogP contribution in [0.25, 0.3) is 0 Å². The Balaban J connectivity index is 1.54. The van der Waals surface area contributed by atoms with Crippen molar-refractivity contribution < 1.29 is 43.2 Å². The highest BCUT2D eigenvalue weighted by Crippen LogP contribution is 2.59. The highest BCUT2D eigenvalue weighted by molar-refractivity contribution is 6.05. The summed E-state index contributed by atoms with van der Waals surface area (Å²) in [6.45, 7) is 11.4. The summed E-state index contributed by atoms with van der Waals surface area (Å²) in [5.74, 6) is -3.11. The minimum Gasteiger partial charge on any atom is -0.497 e. The molecule has 1 spiro atoms. The third kappa shape index (κ3) is 8.05. The number of hydrogen-bond acceptors (Lipinski definition) is 9. The predicted octanol–water partition coefficient (Wildman–Crippen LogP) is 4.38. The number of anilines is 1. The number of amides is 3. The lowest BCUT2D eigenvalue weighted by Crippen LogP contribution is -2.59. The summed E-state index contributed by atoms with van der Waals surface area (Å²) in [6, 6.07) is 13.5. The van der Waals surface area contributed by atoms with E-state index in [-0.39, 0.29) is 38.0 Å². The highest BCUT2D eigenvalue weighted by Gasteiger charge is 2.75. The van der Waals surface area contributed by atoms with E-state index in [1.807, 2.05) is 32.0 Å². The van der Waals surface area contributed by atoms with Gasteiger partial charge in [-0.05, 0) is 61.4 Å². The monoisotopic (exact) mass is 731 g/mol. The van der Waals surface area contributed by atoms with E-state index in [1.54, 1.807) is 60.6 Å². The Labute approximate surface area is 312 Å². The van der Waals surface area contributed by atoms with Gasteiger partial charge in [-0.3, -0.25) is 19.2 Å². The largest absolute Gasteiger partial charge is 0.497 e. The number of hydrogen-bond donors (Lipinski definition) is 2. The van der Waals surface area contributed by atoms with E-state index in [9.17, 15) is 24.3 Å². The molecule has 0 unspecified atom stereocenters. The number of likely N-dealkylation sites (tertiary alicyclic amines) is 1. The van der Waals surface area contributed by atoms with Crippen LogP contribution in [-0.2, 0) is 33.4 Å². The molecule has 286 valence electrons. The van der Waals surface area contributed by atoms with Crippen LogP contribution in [0.4, 0.5) is 5.69 Å². The number of carbonyl (C=O) groups excluding carboxylic acids is 4. The summed E-state index contributed by atoms with van der Waals surface area (Å²) in [5.41, 5.74) is -0.137. The van der Waals surface area contributed by atoms with Gasteiger partial charge in [0.25, 0.3) is 5.91 Å². The maximum absolute atomic E-state index is 15.0. The van der Waals surface area contributed by atoms with Gasteiger partial charge in [0.15, 0.2) is 0 Å². The maximum atomic E-state index is 15.0. The lowest BCUT2D eigenvalue weighted by molar-refractivity contribution is -0.163. The summed E-state index contributed by atoms with van der Waals surface area (Å²) >= 11 is 0. The van der Waals surface area contributed by atoms with Gasteiger partial charge in [-0.25, -0.2) is 0 Å². The second-order valence-electron chi connectivity index (χ2n) is 14.4. The molecule has 2 aromatic rings. The van der Waals surface area contributed by atoms with Crippen molar-refractivity contribution >= 4 is 29.4 Å². The van der Waals surface area contributed by atoms with Crippen LogP contribution in [0.5, 0.6) is 5.75 Å². The maximum Gasteiger partial charge on any atom is 0.313 e. The molecule has 0 aromatic heterocycles. The molecule has 12 nitrogen and oxygen atoms in total. The fourth-order valence-electron chi connectivity index (χ4n) is 8.34. The number of esters is 1. The molecule has 3 heterocycles. The van der Waals surface area contributed by atoms with Crippen molar-refractivity contribution in [2.24, 2.45) is 17.8 Å². The molecule has 3 aliphatic heterocycles. The number of aliphatic hydroxyl groups is 1. The van der Waals surface area contributed by atoms with Crippen molar-refractivity contribution in [1.29, 1.82) is 0 Å². The van der Waals surface area contributed by atoms with Crippen molar-refractivity contribution in [3.05, 3.63) is 85.5 Å². The first kappa shape index (κ1) is 39.7. The molecule has 0 radical (unpaired) electrons. The molecule has 3 amide bonds. The molecule has 2 N–H and O–H groups in total. The second-order valence-corrected chi connectivity index (χ2v) is 14.4. The average Bonchev–Trinajstić information content (AvgIpc) is 3.81. The highest BCUT2D eigenvalue weighted by atomic mass is 16.6. The Bertz CT molecular complexity index is 1620. The van der Waals surface area contributed by atoms with E-state index in [2.05, 4.69) is 18.5 Å². The van der Waals surface area contributed by atoms with Crippen LogP contribution in [0.2, 0.25) is 0 Å². The van der Waals surface area contributed by atoms with Crippen molar-refractivity contribution in [1.82, 2.24) is 10.2 Å². The molecule has 12 heteroatoms. The Morgan fingerprint density at radius 3 is 2.42 bits per heavy atom. The third-order valence-corrected chi connectivity index (χ3v) is 10.6. The lowest BCUT2D eigenvalue weighted by atomic mass is 9.70. The summed E-state index contributed by atoms with van der Waals surface area (Å²) in [7, 11) is 3.06. The zero-order valence-electron chi connectivity index (χ0n) is 31.1. The SMILES string of the molecule is C=CCCC(=O)N[C@H](COC)[C@H](OC(=O)[C@@H]1[C@H]2C(=O)N([C@@H](CO)CC(C)C)[C@H](C(=O)N(CC=C)c3ccc(OC)cc3)[C@]23CC[C@H]1O3)c1ccccc1. The zero-order chi connectivity index (χ0) is 38.3. The van der Waals surface area contributed by atoms with E-state index in [0.717, 1.165) is 0 Å². The second kappa shape index (κ2) is 17.5. The molecule has 5 rings (SSSR count). The number of ether oxygens (including phenoxy) is 4. The van der Waals surface area contributed by atoms with E-state index >= 15 is 0 Å². The van der Waals surface area contributed by atoms with Crippen molar-refractivity contribution in [3.63, 3.8) is 0 Å². The number of aliphatic hydroxyl groups excluding tert-OH is 1. The Hall–Kier alpha value is -4.52. The van der Waals surface area contributed by atoms with E-state index in [1.165, 1.54) is 12.0 Å². The summed E-state index contributed by atoms with van der Waals surface area (Å²) in [6.07, 6.45) is 3.51. The molecule has 2 aromatic carbocycles. The van der Waals surface area contributed by atoms with Gasteiger partial charge in [0.2, 0.25) is 11.8 Å². The molecule has 3 fully saturated rings. The summed E-state index contributed by atoms with van der Waals surface area (Å²) in [4.78, 5) is 60.3. The zero-order valence-corrected chi connectivity index (χ0v) is 31.1. The summed E-state index contributed by atoms with van der Waals surface area (Å²) < 4.78 is 23.9.